The van der Waals surface area contributed by atoms with Crippen LogP contribution in [0.15, 0.2) is 0 Å². The second-order valence-corrected chi connectivity index (χ2v) is 2.17. The van der Waals surface area contributed by atoms with Gasteiger partial charge in [0.25, 0.3) is 0 Å². The zero-order valence-electron chi connectivity index (χ0n) is 4.65. The first-order valence-corrected chi connectivity index (χ1v) is 1.72. The van der Waals surface area contributed by atoms with Gasteiger partial charge in [0.15, 0.2) is 0 Å². The van der Waals surface area contributed by atoms with Gasteiger partial charge in [-0.2, -0.15) is 0 Å². The third kappa shape index (κ3) is 124. The van der Waals surface area contributed by atoms with Crippen LogP contribution in [0.5, 0.6) is 0 Å². The Kier molecular flexibility index (Phi) is 4.65. The molecule has 0 saturated carbocycles. The Morgan fingerprint density at radius 3 is 1.17 bits per heavy atom. The molecular formula is C4H10MgO. The predicted molar refractivity (Wildman–Crippen MR) is 27.7 cm³/mol. The Morgan fingerprint density at radius 1 is 1.17 bits per heavy atom. The van der Waals surface area contributed by atoms with Crippen LogP contribution < -0.4 is 0 Å². The van der Waals surface area contributed by atoms with Crippen LogP contribution in [0.4, 0.5) is 0 Å². The molecule has 0 amide bonds. The maximum atomic E-state index is 8.52. The van der Waals surface area contributed by atoms with E-state index in [1.54, 1.807) is 20.8 Å². The molecule has 0 saturated heterocycles. The van der Waals surface area contributed by atoms with Crippen LogP contribution in [-0.2, 0) is 0 Å². The van der Waals surface area contributed by atoms with Crippen molar-refractivity contribution in [2.24, 2.45) is 0 Å². The van der Waals surface area contributed by atoms with E-state index in [1.165, 1.54) is 0 Å². The fraction of sp³-hybridized carbons (Fsp3) is 1.00. The van der Waals surface area contributed by atoms with Crippen molar-refractivity contribution in [1.29, 1.82) is 0 Å². The van der Waals surface area contributed by atoms with Crippen molar-refractivity contribution < 1.29 is 5.11 Å². The van der Waals surface area contributed by atoms with Crippen LogP contribution >= 0.6 is 0 Å². The highest BCUT2D eigenvalue weighted by molar-refractivity contribution is 5.75. The lowest BCUT2D eigenvalue weighted by molar-refractivity contribution is 0.102. The van der Waals surface area contributed by atoms with Gasteiger partial charge in [-0.3, -0.25) is 0 Å². The van der Waals surface area contributed by atoms with Crippen LogP contribution in [0.25, 0.3) is 0 Å². The lowest BCUT2D eigenvalue weighted by Gasteiger charge is -2.04. The van der Waals surface area contributed by atoms with E-state index in [4.69, 9.17) is 5.11 Å². The topological polar surface area (TPSA) is 20.2 Å². The van der Waals surface area contributed by atoms with Crippen molar-refractivity contribution in [2.45, 2.75) is 26.4 Å². The molecule has 0 aliphatic carbocycles. The molecule has 0 aromatic heterocycles. The molecule has 6 heavy (non-hydrogen) atoms. The molecule has 2 radical (unpaired) electrons. The molecule has 0 atom stereocenters. The molecule has 0 fully saturated rings. The lowest BCUT2D eigenvalue weighted by atomic mass is 10.2. The Balaban J connectivity index is 0. The van der Waals surface area contributed by atoms with Crippen molar-refractivity contribution in [3.63, 3.8) is 0 Å². The molecule has 0 aromatic rings. The molecule has 0 heterocycles. The SMILES string of the molecule is CC(C)(C)O.[Mg]. The summed E-state index contributed by atoms with van der Waals surface area (Å²) in [7, 11) is 0. The van der Waals surface area contributed by atoms with Crippen LogP contribution in [0.3, 0.4) is 0 Å². The maximum absolute atomic E-state index is 8.52. The van der Waals surface area contributed by atoms with Gasteiger partial charge in [0, 0.05) is 23.1 Å². The molecule has 0 spiro atoms. The Labute approximate surface area is 54.9 Å². The van der Waals surface area contributed by atoms with Gasteiger partial charge in [-0.25, -0.2) is 0 Å². The monoisotopic (exact) mass is 98.1 g/mol. The van der Waals surface area contributed by atoms with Crippen LogP contribution in [0, 0.1) is 0 Å². The molecule has 0 aliphatic heterocycles. The van der Waals surface area contributed by atoms with Crippen molar-refractivity contribution in [3.05, 3.63) is 0 Å². The average molecular weight is 98.4 g/mol. The predicted octanol–water partition coefficient (Wildman–Crippen LogP) is 0.396. The first kappa shape index (κ1) is 9.87. The summed E-state index contributed by atoms with van der Waals surface area (Å²) in [5, 5.41) is 8.52. The van der Waals surface area contributed by atoms with Crippen LogP contribution in [0.1, 0.15) is 20.8 Å². The highest BCUT2D eigenvalue weighted by atomic mass is 24.3. The second-order valence-electron chi connectivity index (χ2n) is 2.17. The molecule has 0 bridgehead atoms. The molecule has 1 N–H and O–H groups in total. The van der Waals surface area contributed by atoms with Gasteiger partial charge in [0.05, 0.1) is 5.60 Å². The largest absolute Gasteiger partial charge is 0.391 e. The van der Waals surface area contributed by atoms with Gasteiger partial charge in [-0.05, 0) is 20.8 Å². The van der Waals surface area contributed by atoms with Gasteiger partial charge in [0.1, 0.15) is 0 Å². The minimum absolute atomic E-state index is 0. The quantitative estimate of drug-likeness (QED) is 0.435. The average Bonchev–Trinajstić information content (AvgIpc) is 0.722. The second kappa shape index (κ2) is 2.83. The van der Waals surface area contributed by atoms with Gasteiger partial charge in [-0.15, -0.1) is 0 Å². The summed E-state index contributed by atoms with van der Waals surface area (Å²) in [6.07, 6.45) is 0. The minimum atomic E-state index is -0.500. The normalized spacial score (nSPS) is 10.0. The summed E-state index contributed by atoms with van der Waals surface area (Å²) >= 11 is 0. The van der Waals surface area contributed by atoms with Crippen molar-refractivity contribution >= 4 is 23.1 Å². The third-order valence-electron chi connectivity index (χ3n) is 0. The van der Waals surface area contributed by atoms with E-state index in [-0.39, 0.29) is 23.1 Å². The third-order valence-corrected chi connectivity index (χ3v) is 0. The molecule has 0 aliphatic rings. The van der Waals surface area contributed by atoms with E-state index in [0.717, 1.165) is 0 Å². The maximum Gasteiger partial charge on any atom is 0.0563 e. The van der Waals surface area contributed by atoms with Gasteiger partial charge < -0.3 is 5.11 Å². The first-order valence-electron chi connectivity index (χ1n) is 1.72. The Hall–Kier alpha value is 0.726. The zero-order valence-corrected chi connectivity index (χ0v) is 6.07. The fourth-order valence-corrected chi connectivity index (χ4v) is 0. The summed E-state index contributed by atoms with van der Waals surface area (Å²) in [5.74, 6) is 0. The number of aliphatic hydroxyl groups is 1. The smallest absolute Gasteiger partial charge is 0.0563 e. The van der Waals surface area contributed by atoms with Crippen LogP contribution in [0.2, 0.25) is 0 Å². The van der Waals surface area contributed by atoms with Gasteiger partial charge in [-0.1, -0.05) is 0 Å². The van der Waals surface area contributed by atoms with Gasteiger partial charge >= 0.3 is 0 Å². The molecule has 0 aromatic carbocycles. The zero-order chi connectivity index (χ0) is 4.50. The van der Waals surface area contributed by atoms with E-state index in [0.29, 0.717) is 0 Å². The number of rotatable bonds is 0. The number of hydrogen-bond donors (Lipinski definition) is 1. The summed E-state index contributed by atoms with van der Waals surface area (Å²) in [5.41, 5.74) is -0.500. The summed E-state index contributed by atoms with van der Waals surface area (Å²) in [6, 6.07) is 0. The lowest BCUT2D eigenvalue weighted by Crippen LogP contribution is -2.10. The van der Waals surface area contributed by atoms with Crippen LogP contribution in [-0.4, -0.2) is 33.8 Å². The van der Waals surface area contributed by atoms with Gasteiger partial charge in [0.2, 0.25) is 0 Å². The Bertz CT molecular complexity index is 23.0. The standard InChI is InChI=1S/C4H10O.Mg/c1-4(2,3)5;/h5H,1-3H3;. The molecule has 1 nitrogen and oxygen atoms in total. The van der Waals surface area contributed by atoms with E-state index in [9.17, 15) is 0 Å². The molecule has 2 heteroatoms. The first-order chi connectivity index (χ1) is 2.00. The highest BCUT2D eigenvalue weighted by Gasteiger charge is 1.97. The van der Waals surface area contributed by atoms with E-state index >= 15 is 0 Å². The molecular weight excluding hydrogens is 88.3 g/mol. The molecule has 0 unspecified atom stereocenters. The van der Waals surface area contributed by atoms with Crippen molar-refractivity contribution in [3.8, 4) is 0 Å². The van der Waals surface area contributed by atoms with Crippen molar-refractivity contribution in [2.75, 3.05) is 0 Å². The van der Waals surface area contributed by atoms with E-state index in [1.807, 2.05) is 0 Å². The summed E-state index contributed by atoms with van der Waals surface area (Å²) in [4.78, 5) is 0. The fourth-order valence-electron chi connectivity index (χ4n) is 0. The minimum Gasteiger partial charge on any atom is -0.391 e. The number of hydrogen-bond acceptors (Lipinski definition) is 1. The van der Waals surface area contributed by atoms with E-state index < -0.39 is 5.60 Å². The summed E-state index contributed by atoms with van der Waals surface area (Å²) in [6.45, 7) is 5.23. The van der Waals surface area contributed by atoms with E-state index in [2.05, 4.69) is 0 Å². The molecule has 34 valence electrons. The van der Waals surface area contributed by atoms with Crippen molar-refractivity contribution in [1.82, 2.24) is 0 Å². The molecule has 0 rings (SSSR count). The Morgan fingerprint density at radius 2 is 1.17 bits per heavy atom. The summed E-state index contributed by atoms with van der Waals surface area (Å²) < 4.78 is 0. The highest BCUT2D eigenvalue weighted by Crippen LogP contribution is 1.93.